The van der Waals surface area contributed by atoms with E-state index < -0.39 is 5.97 Å². The van der Waals surface area contributed by atoms with Gasteiger partial charge >= 0.3 is 12.0 Å². The van der Waals surface area contributed by atoms with Crippen LogP contribution in [-0.2, 0) is 4.79 Å². The van der Waals surface area contributed by atoms with Gasteiger partial charge in [-0.1, -0.05) is 19.3 Å². The molecule has 1 aliphatic heterocycles. The molecule has 0 radical (unpaired) electrons. The summed E-state index contributed by atoms with van der Waals surface area (Å²) in [5.41, 5.74) is 5.63. The molecular formula is C15H27N3O3. The number of aliphatic carboxylic acids is 1. The van der Waals surface area contributed by atoms with Gasteiger partial charge in [0.15, 0.2) is 0 Å². The van der Waals surface area contributed by atoms with Crippen molar-refractivity contribution < 1.29 is 14.7 Å². The SMILES string of the molecule is NC1CCCN(C(=O)NCC2(CC(=O)O)CCCCC2)C1. The Labute approximate surface area is 126 Å². The van der Waals surface area contributed by atoms with Gasteiger partial charge in [-0.25, -0.2) is 4.79 Å². The van der Waals surface area contributed by atoms with Crippen LogP contribution in [0.25, 0.3) is 0 Å². The van der Waals surface area contributed by atoms with E-state index in [0.717, 1.165) is 51.5 Å². The number of rotatable bonds is 4. The van der Waals surface area contributed by atoms with Crippen molar-refractivity contribution in [2.75, 3.05) is 19.6 Å². The number of nitrogens with one attached hydrogen (secondary N) is 1. The molecule has 21 heavy (non-hydrogen) atoms. The molecule has 1 heterocycles. The number of hydrogen-bond donors (Lipinski definition) is 3. The number of carbonyl (C=O) groups is 2. The minimum absolute atomic E-state index is 0.0622. The smallest absolute Gasteiger partial charge is 0.317 e. The van der Waals surface area contributed by atoms with Crippen LogP contribution in [0.15, 0.2) is 0 Å². The molecule has 0 aromatic heterocycles. The van der Waals surface area contributed by atoms with Gasteiger partial charge in [0.1, 0.15) is 0 Å². The third-order valence-electron chi connectivity index (χ3n) is 4.80. The van der Waals surface area contributed by atoms with E-state index in [0.29, 0.717) is 13.1 Å². The number of nitrogens with zero attached hydrogens (tertiary/aromatic N) is 1. The monoisotopic (exact) mass is 297 g/mol. The number of carboxylic acids is 1. The van der Waals surface area contributed by atoms with Gasteiger partial charge in [-0.05, 0) is 31.1 Å². The van der Waals surface area contributed by atoms with Gasteiger partial charge in [0.25, 0.3) is 0 Å². The predicted octanol–water partition coefficient (Wildman–Crippen LogP) is 1.54. The number of hydrogen-bond acceptors (Lipinski definition) is 3. The van der Waals surface area contributed by atoms with E-state index >= 15 is 0 Å². The quantitative estimate of drug-likeness (QED) is 0.733. The first-order valence-electron chi connectivity index (χ1n) is 8.01. The van der Waals surface area contributed by atoms with Crippen LogP contribution >= 0.6 is 0 Å². The van der Waals surface area contributed by atoms with E-state index in [-0.39, 0.29) is 23.9 Å². The van der Waals surface area contributed by atoms with E-state index in [1.54, 1.807) is 4.90 Å². The maximum absolute atomic E-state index is 12.2. The molecule has 6 nitrogen and oxygen atoms in total. The molecule has 120 valence electrons. The Kier molecular flexibility index (Phi) is 5.45. The van der Waals surface area contributed by atoms with Gasteiger partial charge in [-0.2, -0.15) is 0 Å². The highest BCUT2D eigenvalue weighted by atomic mass is 16.4. The standard InChI is InChI=1S/C15H27N3O3/c16-12-5-4-8-18(10-12)14(21)17-11-15(9-13(19)20)6-2-1-3-7-15/h12H,1-11,16H2,(H,17,21)(H,19,20). The summed E-state index contributed by atoms with van der Waals surface area (Å²) in [6.07, 6.45) is 7.10. The van der Waals surface area contributed by atoms with Crippen molar-refractivity contribution in [1.82, 2.24) is 10.2 Å². The van der Waals surface area contributed by atoms with Crippen LogP contribution in [0, 0.1) is 5.41 Å². The zero-order valence-corrected chi connectivity index (χ0v) is 12.6. The van der Waals surface area contributed by atoms with Crippen LogP contribution in [0.4, 0.5) is 4.79 Å². The first-order chi connectivity index (χ1) is 10.0. The van der Waals surface area contributed by atoms with Crippen LogP contribution in [0.3, 0.4) is 0 Å². The van der Waals surface area contributed by atoms with E-state index in [4.69, 9.17) is 10.8 Å². The van der Waals surface area contributed by atoms with Crippen molar-refractivity contribution in [2.45, 2.75) is 57.4 Å². The van der Waals surface area contributed by atoms with Crippen LogP contribution in [0.5, 0.6) is 0 Å². The first-order valence-corrected chi connectivity index (χ1v) is 8.01. The highest BCUT2D eigenvalue weighted by Gasteiger charge is 2.35. The third-order valence-corrected chi connectivity index (χ3v) is 4.80. The molecule has 1 atom stereocenters. The Bertz CT molecular complexity index is 380. The topological polar surface area (TPSA) is 95.7 Å². The van der Waals surface area contributed by atoms with Gasteiger partial charge in [-0.15, -0.1) is 0 Å². The fraction of sp³-hybridized carbons (Fsp3) is 0.867. The Hall–Kier alpha value is -1.30. The van der Waals surface area contributed by atoms with Crippen LogP contribution in [0.2, 0.25) is 0 Å². The molecule has 4 N–H and O–H groups in total. The molecule has 1 saturated heterocycles. The summed E-state index contributed by atoms with van der Waals surface area (Å²) in [6, 6.07) is -0.0346. The zero-order valence-electron chi connectivity index (χ0n) is 12.6. The second-order valence-corrected chi connectivity index (χ2v) is 6.64. The minimum Gasteiger partial charge on any atom is -0.481 e. The second-order valence-electron chi connectivity index (χ2n) is 6.64. The van der Waals surface area contributed by atoms with Crippen LogP contribution in [-0.4, -0.2) is 47.7 Å². The van der Waals surface area contributed by atoms with E-state index in [1.807, 2.05) is 0 Å². The van der Waals surface area contributed by atoms with Crippen molar-refractivity contribution in [2.24, 2.45) is 11.1 Å². The number of urea groups is 1. The second kappa shape index (κ2) is 7.11. The third kappa shape index (κ3) is 4.59. The molecule has 1 unspecified atom stereocenters. The Morgan fingerprint density at radius 1 is 1.24 bits per heavy atom. The van der Waals surface area contributed by atoms with Crippen molar-refractivity contribution in [3.63, 3.8) is 0 Å². The average molecular weight is 297 g/mol. The summed E-state index contributed by atoms with van der Waals surface area (Å²) >= 11 is 0. The molecule has 0 aromatic carbocycles. The summed E-state index contributed by atoms with van der Waals surface area (Å²) in [5, 5.41) is 12.1. The molecule has 2 aliphatic rings. The number of likely N-dealkylation sites (tertiary alicyclic amines) is 1. The lowest BCUT2D eigenvalue weighted by Crippen LogP contribution is -2.51. The van der Waals surface area contributed by atoms with Gasteiger partial charge in [0.05, 0.1) is 6.42 Å². The Morgan fingerprint density at radius 3 is 2.57 bits per heavy atom. The fourth-order valence-corrected chi connectivity index (χ4v) is 3.61. The van der Waals surface area contributed by atoms with Gasteiger partial charge in [0.2, 0.25) is 0 Å². The lowest BCUT2D eigenvalue weighted by molar-refractivity contribution is -0.140. The van der Waals surface area contributed by atoms with E-state index in [1.165, 1.54) is 0 Å². The normalized spacial score (nSPS) is 25.4. The Balaban J connectivity index is 1.88. The van der Waals surface area contributed by atoms with Crippen LogP contribution < -0.4 is 11.1 Å². The van der Waals surface area contributed by atoms with E-state index in [9.17, 15) is 9.59 Å². The van der Waals surface area contributed by atoms with Gasteiger partial charge in [-0.3, -0.25) is 4.79 Å². The summed E-state index contributed by atoms with van der Waals surface area (Å²) in [7, 11) is 0. The average Bonchev–Trinajstić information content (AvgIpc) is 2.45. The van der Waals surface area contributed by atoms with Crippen molar-refractivity contribution >= 4 is 12.0 Å². The Morgan fingerprint density at radius 2 is 1.95 bits per heavy atom. The van der Waals surface area contributed by atoms with E-state index in [2.05, 4.69) is 5.32 Å². The summed E-state index contributed by atoms with van der Waals surface area (Å²) in [6.45, 7) is 1.80. The summed E-state index contributed by atoms with van der Waals surface area (Å²) in [5.74, 6) is -0.772. The van der Waals surface area contributed by atoms with Crippen LogP contribution in [0.1, 0.15) is 51.4 Å². The van der Waals surface area contributed by atoms with Gasteiger partial charge in [0, 0.05) is 25.7 Å². The highest BCUT2D eigenvalue weighted by molar-refractivity contribution is 5.74. The molecular weight excluding hydrogens is 270 g/mol. The maximum Gasteiger partial charge on any atom is 0.317 e. The van der Waals surface area contributed by atoms with Gasteiger partial charge < -0.3 is 21.1 Å². The largest absolute Gasteiger partial charge is 0.481 e. The first kappa shape index (κ1) is 16.1. The molecule has 0 spiro atoms. The van der Waals surface area contributed by atoms with Crippen molar-refractivity contribution in [1.29, 1.82) is 0 Å². The summed E-state index contributed by atoms with van der Waals surface area (Å²) < 4.78 is 0. The lowest BCUT2D eigenvalue weighted by atomic mass is 9.72. The maximum atomic E-state index is 12.2. The molecule has 1 aliphatic carbocycles. The number of piperidine rings is 1. The molecule has 2 fully saturated rings. The molecule has 1 saturated carbocycles. The molecule has 6 heteroatoms. The number of amides is 2. The predicted molar refractivity (Wildman–Crippen MR) is 80.0 cm³/mol. The molecule has 0 bridgehead atoms. The molecule has 2 rings (SSSR count). The number of nitrogens with two attached hydrogens (primary N) is 1. The zero-order chi connectivity index (χ0) is 15.3. The number of carboxylic acid groups (broad SMARTS) is 1. The highest BCUT2D eigenvalue weighted by Crippen LogP contribution is 2.38. The number of carbonyl (C=O) groups excluding carboxylic acids is 1. The molecule has 2 amide bonds. The van der Waals surface area contributed by atoms with Crippen molar-refractivity contribution in [3.8, 4) is 0 Å². The minimum atomic E-state index is -0.772. The fourth-order valence-electron chi connectivity index (χ4n) is 3.61. The molecule has 0 aromatic rings. The van der Waals surface area contributed by atoms with Crippen molar-refractivity contribution in [3.05, 3.63) is 0 Å². The summed E-state index contributed by atoms with van der Waals surface area (Å²) in [4.78, 5) is 25.1. The lowest BCUT2D eigenvalue weighted by Gasteiger charge is -2.37.